The van der Waals surface area contributed by atoms with Gasteiger partial charge in [-0.15, -0.1) is 11.3 Å². The number of carbonyl (C=O) groups is 1. The molecule has 12 heteroatoms. The third kappa shape index (κ3) is 5.34. The average Bonchev–Trinajstić information content (AvgIpc) is 3.45. The van der Waals surface area contributed by atoms with Crippen LogP contribution in [0.5, 0.6) is 5.75 Å². The Balaban J connectivity index is 1.42. The van der Waals surface area contributed by atoms with E-state index >= 15 is 0 Å². The van der Waals surface area contributed by atoms with Gasteiger partial charge in [0.15, 0.2) is 0 Å². The summed E-state index contributed by atoms with van der Waals surface area (Å²) in [6, 6.07) is 3.85. The number of rotatable bonds is 7. The number of aromatic nitrogens is 4. The number of benzene rings is 1. The van der Waals surface area contributed by atoms with Crippen LogP contribution in [0.4, 0.5) is 24.7 Å². The van der Waals surface area contributed by atoms with E-state index < -0.39 is 12.6 Å². The monoisotopic (exact) mass is 532 g/mol. The van der Waals surface area contributed by atoms with E-state index in [1.807, 2.05) is 26.0 Å². The molecule has 0 bridgehead atoms. The maximum atomic E-state index is 12.9. The van der Waals surface area contributed by atoms with E-state index in [0.29, 0.717) is 30.8 Å². The number of amides is 1. The Hall–Kier alpha value is -3.41. The number of alkyl halides is 3. The van der Waals surface area contributed by atoms with Gasteiger partial charge in [-0.3, -0.25) is 9.89 Å². The maximum absolute atomic E-state index is 12.9. The number of ether oxygens (including phenoxy) is 1. The predicted molar refractivity (Wildman–Crippen MR) is 136 cm³/mol. The van der Waals surface area contributed by atoms with Crippen molar-refractivity contribution < 1.29 is 22.7 Å². The Morgan fingerprint density at radius 2 is 2.14 bits per heavy atom. The first-order valence-electron chi connectivity index (χ1n) is 12.1. The van der Waals surface area contributed by atoms with Gasteiger partial charge < -0.3 is 15.0 Å². The zero-order valence-electron chi connectivity index (χ0n) is 20.6. The quantitative estimate of drug-likeness (QED) is 0.321. The third-order valence-corrected chi connectivity index (χ3v) is 7.62. The van der Waals surface area contributed by atoms with E-state index in [1.54, 1.807) is 6.20 Å². The summed E-state index contributed by atoms with van der Waals surface area (Å²) in [5, 5.41) is 12.3. The number of hydrogen-bond acceptors (Lipinski definition) is 7. The van der Waals surface area contributed by atoms with Crippen molar-refractivity contribution in [1.82, 2.24) is 25.1 Å². The molecule has 1 amide bonds. The molecule has 1 aliphatic carbocycles. The first-order valence-corrected chi connectivity index (χ1v) is 12.9. The van der Waals surface area contributed by atoms with Crippen molar-refractivity contribution in [2.75, 3.05) is 18.9 Å². The van der Waals surface area contributed by atoms with Crippen LogP contribution in [0, 0.1) is 5.92 Å². The van der Waals surface area contributed by atoms with Crippen LogP contribution in [0.25, 0.3) is 21.1 Å². The number of aromatic amines is 1. The van der Waals surface area contributed by atoms with Gasteiger partial charge in [-0.1, -0.05) is 0 Å². The Bertz CT molecular complexity index is 1450. The Morgan fingerprint density at radius 3 is 2.89 bits per heavy atom. The van der Waals surface area contributed by atoms with Crippen LogP contribution in [0.2, 0.25) is 0 Å². The number of nitrogens with one attached hydrogen (secondary N) is 2. The van der Waals surface area contributed by atoms with E-state index in [-0.39, 0.29) is 24.5 Å². The highest BCUT2D eigenvalue weighted by molar-refractivity contribution is 7.19. The van der Waals surface area contributed by atoms with E-state index in [1.165, 1.54) is 29.6 Å². The molecule has 37 heavy (non-hydrogen) atoms. The molecule has 0 saturated heterocycles. The van der Waals surface area contributed by atoms with Crippen molar-refractivity contribution in [2.24, 2.45) is 5.92 Å². The summed E-state index contributed by atoms with van der Waals surface area (Å²) >= 11 is 1.51. The molecule has 0 aliphatic heterocycles. The Kier molecular flexibility index (Phi) is 6.69. The Labute approximate surface area is 215 Å². The van der Waals surface area contributed by atoms with Gasteiger partial charge in [0.05, 0.1) is 35.3 Å². The first kappa shape index (κ1) is 25.2. The van der Waals surface area contributed by atoms with E-state index in [0.717, 1.165) is 37.2 Å². The lowest BCUT2D eigenvalue weighted by molar-refractivity contribution is -0.146. The van der Waals surface area contributed by atoms with Gasteiger partial charge >= 0.3 is 6.18 Å². The molecule has 8 nitrogen and oxygen atoms in total. The van der Waals surface area contributed by atoms with Crippen molar-refractivity contribution in [3.8, 4) is 5.75 Å². The summed E-state index contributed by atoms with van der Waals surface area (Å²) < 4.78 is 43.9. The van der Waals surface area contributed by atoms with Crippen molar-refractivity contribution >= 4 is 49.9 Å². The molecule has 4 aromatic rings. The van der Waals surface area contributed by atoms with Crippen molar-refractivity contribution in [3.63, 3.8) is 0 Å². The molecular weight excluding hydrogens is 505 g/mol. The van der Waals surface area contributed by atoms with Crippen LogP contribution in [0.3, 0.4) is 0 Å². The minimum Gasteiger partial charge on any atom is -0.489 e. The fraction of sp³-hybridized carbons (Fsp3) is 0.440. The lowest BCUT2D eigenvalue weighted by atomic mass is 9.87. The van der Waals surface area contributed by atoms with Gasteiger partial charge in [-0.2, -0.15) is 18.3 Å². The number of anilines is 2. The molecule has 0 fully saturated rings. The molecule has 2 N–H and O–H groups in total. The van der Waals surface area contributed by atoms with Gasteiger partial charge in [0, 0.05) is 35.8 Å². The fourth-order valence-corrected chi connectivity index (χ4v) is 5.95. The number of carbonyl (C=O) groups excluding carboxylic acids is 1. The molecule has 5 rings (SSSR count). The number of halogens is 3. The molecule has 3 heterocycles. The van der Waals surface area contributed by atoms with Crippen molar-refractivity contribution in [2.45, 2.75) is 51.8 Å². The van der Waals surface area contributed by atoms with Crippen LogP contribution < -0.4 is 10.1 Å². The molecule has 0 radical (unpaired) electrons. The average molecular weight is 533 g/mol. The first-order chi connectivity index (χ1) is 17.6. The predicted octanol–water partition coefficient (Wildman–Crippen LogP) is 5.61. The third-order valence-electron chi connectivity index (χ3n) is 6.46. The van der Waals surface area contributed by atoms with E-state index in [2.05, 4.69) is 25.5 Å². The highest BCUT2D eigenvalue weighted by Crippen LogP contribution is 2.42. The zero-order valence-corrected chi connectivity index (χ0v) is 21.5. The number of H-pyrrole nitrogens is 1. The van der Waals surface area contributed by atoms with Crippen LogP contribution in [-0.2, 0) is 17.6 Å². The lowest BCUT2D eigenvalue weighted by Gasteiger charge is -2.27. The van der Waals surface area contributed by atoms with Crippen LogP contribution in [0.1, 0.15) is 37.1 Å². The standard InChI is InChI=1S/C25H27F3N6O2S/c1-13(2)36-19-10-17-15(11-31-33-17)8-18(19)32-22-21-16-5-4-14(9-20(16)37-23(21)30-12-29-22)24(35)34(3)7-6-25(26,27)28/h8,10-14H,4-7,9H2,1-3H3,(H,31,33)(H,29,30,32). The molecule has 0 spiro atoms. The van der Waals surface area contributed by atoms with Crippen molar-refractivity contribution in [3.05, 3.63) is 35.1 Å². The number of hydrogen-bond donors (Lipinski definition) is 2. The molecule has 1 aromatic carbocycles. The summed E-state index contributed by atoms with van der Waals surface area (Å²) in [4.78, 5) is 24.9. The number of aryl methyl sites for hydroxylation is 1. The molecule has 0 saturated carbocycles. The van der Waals surface area contributed by atoms with E-state index in [9.17, 15) is 18.0 Å². The molecule has 196 valence electrons. The zero-order chi connectivity index (χ0) is 26.3. The normalized spacial score (nSPS) is 15.8. The van der Waals surface area contributed by atoms with Gasteiger partial charge in [-0.25, -0.2) is 9.97 Å². The highest BCUT2D eigenvalue weighted by Gasteiger charge is 2.33. The van der Waals surface area contributed by atoms with Crippen LogP contribution in [-0.4, -0.2) is 56.8 Å². The van der Waals surface area contributed by atoms with Gasteiger partial charge in [0.1, 0.15) is 22.7 Å². The molecule has 1 atom stereocenters. The maximum Gasteiger partial charge on any atom is 0.390 e. The Morgan fingerprint density at radius 1 is 1.32 bits per heavy atom. The van der Waals surface area contributed by atoms with Crippen LogP contribution in [0.15, 0.2) is 24.7 Å². The summed E-state index contributed by atoms with van der Waals surface area (Å²) in [6.07, 6.45) is -0.429. The van der Waals surface area contributed by atoms with E-state index in [4.69, 9.17) is 4.74 Å². The second-order valence-electron chi connectivity index (χ2n) is 9.57. The SMILES string of the molecule is CC(C)Oc1cc2[nH]ncc2cc1Nc1ncnc2sc3c(c12)CCC(C(=O)N(C)CCC(F)(F)F)C3. The highest BCUT2D eigenvalue weighted by atomic mass is 32.1. The van der Waals surface area contributed by atoms with Gasteiger partial charge in [0.2, 0.25) is 5.91 Å². The lowest BCUT2D eigenvalue weighted by Crippen LogP contribution is -2.37. The fourth-order valence-electron chi connectivity index (χ4n) is 4.68. The van der Waals surface area contributed by atoms with Gasteiger partial charge in [-0.05, 0) is 44.7 Å². The topological polar surface area (TPSA) is 96.0 Å². The molecule has 1 aliphatic rings. The molecule has 1 unspecified atom stereocenters. The smallest absolute Gasteiger partial charge is 0.390 e. The second kappa shape index (κ2) is 9.81. The molecular formula is C25H27F3N6O2S. The number of nitrogens with zero attached hydrogens (tertiary/aromatic N) is 4. The number of fused-ring (bicyclic) bond motifs is 4. The van der Waals surface area contributed by atoms with Crippen LogP contribution >= 0.6 is 11.3 Å². The minimum atomic E-state index is -4.29. The van der Waals surface area contributed by atoms with Gasteiger partial charge in [0.25, 0.3) is 0 Å². The number of thiophene rings is 1. The minimum absolute atomic E-state index is 0.0380. The summed E-state index contributed by atoms with van der Waals surface area (Å²) in [7, 11) is 1.44. The largest absolute Gasteiger partial charge is 0.489 e. The molecule has 3 aromatic heterocycles. The summed E-state index contributed by atoms with van der Waals surface area (Å²) in [6.45, 7) is 3.58. The van der Waals surface area contributed by atoms with Crippen molar-refractivity contribution in [1.29, 1.82) is 0 Å². The summed E-state index contributed by atoms with van der Waals surface area (Å²) in [5.41, 5.74) is 2.69. The second-order valence-corrected chi connectivity index (χ2v) is 10.7. The summed E-state index contributed by atoms with van der Waals surface area (Å²) in [5.74, 6) is 0.708.